The predicted molar refractivity (Wildman–Crippen MR) is 69.9 cm³/mol. The van der Waals surface area contributed by atoms with E-state index in [0.717, 1.165) is 18.1 Å². The highest BCUT2D eigenvalue weighted by Gasteiger charge is 2.25. The van der Waals surface area contributed by atoms with Crippen LogP contribution in [0.3, 0.4) is 0 Å². The maximum atomic E-state index is 12.3. The maximum Gasteiger partial charge on any atom is 0.272 e. The molecule has 0 radical (unpaired) electrons. The largest absolute Gasteiger partial charge is 0.333 e. The monoisotopic (exact) mass is 252 g/mol. The van der Waals surface area contributed by atoms with Crippen molar-refractivity contribution in [3.63, 3.8) is 0 Å². The molecule has 6 heteroatoms. The summed E-state index contributed by atoms with van der Waals surface area (Å²) in [7, 11) is 0. The van der Waals surface area contributed by atoms with E-state index in [1.807, 2.05) is 16.7 Å². The Bertz CT molecular complexity index is 412. The van der Waals surface area contributed by atoms with Gasteiger partial charge in [-0.3, -0.25) is 4.79 Å². The minimum Gasteiger partial charge on any atom is -0.333 e. The molecule has 1 aromatic heterocycles. The van der Waals surface area contributed by atoms with Gasteiger partial charge in [-0.05, 0) is 19.1 Å². The SMILES string of the molecule is CC1CSCCN1C(=O)c1cccc(NN)n1. The number of nitrogens with zero attached hydrogens (tertiary/aromatic N) is 2. The molecule has 2 rings (SSSR count). The number of anilines is 1. The fourth-order valence-electron chi connectivity index (χ4n) is 1.81. The van der Waals surface area contributed by atoms with Gasteiger partial charge in [0.25, 0.3) is 5.91 Å². The number of hydrogen-bond acceptors (Lipinski definition) is 5. The number of hydrogen-bond donors (Lipinski definition) is 2. The van der Waals surface area contributed by atoms with Gasteiger partial charge in [-0.15, -0.1) is 0 Å². The Morgan fingerprint density at radius 2 is 2.47 bits per heavy atom. The van der Waals surface area contributed by atoms with Crippen LogP contribution in [0.25, 0.3) is 0 Å². The van der Waals surface area contributed by atoms with Crippen molar-refractivity contribution < 1.29 is 4.79 Å². The third-order valence-electron chi connectivity index (χ3n) is 2.74. The molecule has 17 heavy (non-hydrogen) atoms. The van der Waals surface area contributed by atoms with Crippen molar-refractivity contribution in [3.8, 4) is 0 Å². The first-order chi connectivity index (χ1) is 8.22. The number of aromatic nitrogens is 1. The number of pyridine rings is 1. The van der Waals surface area contributed by atoms with E-state index < -0.39 is 0 Å². The second-order valence-electron chi connectivity index (χ2n) is 3.97. The van der Waals surface area contributed by atoms with Gasteiger partial charge in [-0.25, -0.2) is 10.8 Å². The second-order valence-corrected chi connectivity index (χ2v) is 5.12. The minimum atomic E-state index is -0.0186. The number of hydrazine groups is 1. The summed E-state index contributed by atoms with van der Waals surface area (Å²) in [6.07, 6.45) is 0. The van der Waals surface area contributed by atoms with Gasteiger partial charge >= 0.3 is 0 Å². The van der Waals surface area contributed by atoms with Gasteiger partial charge in [-0.2, -0.15) is 11.8 Å². The van der Waals surface area contributed by atoms with Crippen LogP contribution in [0.4, 0.5) is 5.82 Å². The summed E-state index contributed by atoms with van der Waals surface area (Å²) >= 11 is 1.88. The van der Waals surface area contributed by atoms with Crippen LogP contribution in [-0.2, 0) is 0 Å². The number of carbonyl (C=O) groups is 1. The standard InChI is InChI=1S/C11H16N4OS/c1-8-7-17-6-5-15(8)11(16)9-3-2-4-10(13-9)14-12/h2-4,8H,5-7,12H2,1H3,(H,13,14). The summed E-state index contributed by atoms with van der Waals surface area (Å²) in [5, 5.41) is 0. The third-order valence-corrected chi connectivity index (χ3v) is 3.93. The van der Waals surface area contributed by atoms with Crippen molar-refractivity contribution in [1.82, 2.24) is 9.88 Å². The van der Waals surface area contributed by atoms with Crippen molar-refractivity contribution >= 4 is 23.5 Å². The van der Waals surface area contributed by atoms with Crippen molar-refractivity contribution in [2.45, 2.75) is 13.0 Å². The first kappa shape index (κ1) is 12.2. The minimum absolute atomic E-state index is 0.0186. The summed E-state index contributed by atoms with van der Waals surface area (Å²) in [5.41, 5.74) is 2.89. The van der Waals surface area contributed by atoms with Gasteiger partial charge in [0.1, 0.15) is 11.5 Å². The molecule has 1 unspecified atom stereocenters. The molecule has 1 saturated heterocycles. The molecule has 1 fully saturated rings. The zero-order valence-electron chi connectivity index (χ0n) is 9.72. The molecule has 1 aromatic rings. The summed E-state index contributed by atoms with van der Waals surface area (Å²) < 4.78 is 0. The molecule has 0 spiro atoms. The lowest BCUT2D eigenvalue weighted by molar-refractivity contribution is 0.0710. The van der Waals surface area contributed by atoms with Crippen LogP contribution in [0.5, 0.6) is 0 Å². The number of nitrogen functional groups attached to an aromatic ring is 1. The molecule has 1 amide bonds. The highest BCUT2D eigenvalue weighted by Crippen LogP contribution is 2.18. The van der Waals surface area contributed by atoms with Gasteiger partial charge in [0, 0.05) is 24.1 Å². The average molecular weight is 252 g/mol. The number of nitrogens with two attached hydrogens (primary N) is 1. The van der Waals surface area contributed by atoms with E-state index in [0.29, 0.717) is 11.5 Å². The molecule has 3 N–H and O–H groups in total. The molecule has 2 heterocycles. The van der Waals surface area contributed by atoms with Gasteiger partial charge in [0.15, 0.2) is 0 Å². The Balaban J connectivity index is 2.17. The number of nitrogens with one attached hydrogen (secondary N) is 1. The van der Waals surface area contributed by atoms with Crippen LogP contribution in [0.2, 0.25) is 0 Å². The molecule has 5 nitrogen and oxygen atoms in total. The van der Waals surface area contributed by atoms with Gasteiger partial charge in [0.2, 0.25) is 0 Å². The predicted octanol–water partition coefficient (Wildman–Crippen LogP) is 0.945. The number of thioether (sulfide) groups is 1. The molecule has 92 valence electrons. The van der Waals surface area contributed by atoms with Crippen LogP contribution in [0.15, 0.2) is 18.2 Å². The topological polar surface area (TPSA) is 71.2 Å². The van der Waals surface area contributed by atoms with Crippen LogP contribution in [0, 0.1) is 0 Å². The van der Waals surface area contributed by atoms with Crippen molar-refractivity contribution in [2.24, 2.45) is 5.84 Å². The van der Waals surface area contributed by atoms with Crippen molar-refractivity contribution in [1.29, 1.82) is 0 Å². The molecule has 0 aliphatic carbocycles. The Labute approximate surface area is 105 Å². The Kier molecular flexibility index (Phi) is 3.86. The fourth-order valence-corrected chi connectivity index (χ4v) is 2.82. The highest BCUT2D eigenvalue weighted by atomic mass is 32.2. The van der Waals surface area contributed by atoms with Crippen molar-refractivity contribution in [3.05, 3.63) is 23.9 Å². The zero-order chi connectivity index (χ0) is 12.3. The number of amides is 1. The lowest BCUT2D eigenvalue weighted by Crippen LogP contribution is -2.44. The summed E-state index contributed by atoms with van der Waals surface area (Å²) in [6, 6.07) is 5.49. The quantitative estimate of drug-likeness (QED) is 0.605. The molecule has 0 bridgehead atoms. The smallest absolute Gasteiger partial charge is 0.272 e. The molecule has 0 aromatic carbocycles. The third kappa shape index (κ3) is 2.70. The highest BCUT2D eigenvalue weighted by molar-refractivity contribution is 7.99. The summed E-state index contributed by atoms with van der Waals surface area (Å²) in [4.78, 5) is 18.3. The van der Waals surface area contributed by atoms with E-state index in [2.05, 4.69) is 17.3 Å². The van der Waals surface area contributed by atoms with Gasteiger partial charge < -0.3 is 10.3 Å². The molecular weight excluding hydrogens is 236 g/mol. The number of carbonyl (C=O) groups excluding carboxylic acids is 1. The maximum absolute atomic E-state index is 12.3. The normalized spacial score (nSPS) is 20.1. The Morgan fingerprint density at radius 3 is 3.18 bits per heavy atom. The second kappa shape index (κ2) is 5.37. The fraction of sp³-hybridized carbons (Fsp3) is 0.455. The van der Waals surface area contributed by atoms with Gasteiger partial charge in [0.05, 0.1) is 0 Å². The first-order valence-electron chi connectivity index (χ1n) is 5.55. The van der Waals surface area contributed by atoms with Crippen LogP contribution >= 0.6 is 11.8 Å². The summed E-state index contributed by atoms with van der Waals surface area (Å²) in [5.74, 6) is 7.75. The van der Waals surface area contributed by atoms with E-state index >= 15 is 0 Å². The van der Waals surface area contributed by atoms with Crippen LogP contribution < -0.4 is 11.3 Å². The molecule has 1 aliphatic rings. The van der Waals surface area contributed by atoms with Crippen molar-refractivity contribution in [2.75, 3.05) is 23.5 Å². The van der Waals surface area contributed by atoms with Crippen LogP contribution in [-0.4, -0.2) is 39.9 Å². The Morgan fingerprint density at radius 1 is 1.65 bits per heavy atom. The average Bonchev–Trinajstić information content (AvgIpc) is 2.38. The summed E-state index contributed by atoms with van der Waals surface area (Å²) in [6.45, 7) is 2.85. The van der Waals surface area contributed by atoms with E-state index in [1.54, 1.807) is 18.2 Å². The lowest BCUT2D eigenvalue weighted by atomic mass is 10.2. The number of rotatable bonds is 2. The first-order valence-corrected chi connectivity index (χ1v) is 6.70. The molecule has 1 atom stereocenters. The Hall–Kier alpha value is -1.27. The molecular formula is C11H16N4OS. The lowest BCUT2D eigenvalue weighted by Gasteiger charge is -2.32. The van der Waals surface area contributed by atoms with E-state index in [4.69, 9.17) is 5.84 Å². The van der Waals surface area contributed by atoms with E-state index in [9.17, 15) is 4.79 Å². The van der Waals surface area contributed by atoms with Crippen LogP contribution in [0.1, 0.15) is 17.4 Å². The van der Waals surface area contributed by atoms with E-state index in [-0.39, 0.29) is 11.9 Å². The molecule has 0 saturated carbocycles. The van der Waals surface area contributed by atoms with Gasteiger partial charge in [-0.1, -0.05) is 6.07 Å². The zero-order valence-corrected chi connectivity index (χ0v) is 10.5. The van der Waals surface area contributed by atoms with E-state index in [1.165, 1.54) is 0 Å². The molecule has 1 aliphatic heterocycles.